The van der Waals surface area contributed by atoms with Gasteiger partial charge in [-0.2, -0.15) is 0 Å². The summed E-state index contributed by atoms with van der Waals surface area (Å²) in [6, 6.07) is 14.4. The lowest BCUT2D eigenvalue weighted by Crippen LogP contribution is -1.82. The maximum Gasteiger partial charge on any atom is 0.205 e. The molecule has 0 radical (unpaired) electrons. The Balaban J connectivity index is 2.24. The van der Waals surface area contributed by atoms with Crippen LogP contribution in [-0.4, -0.2) is 0 Å². The van der Waals surface area contributed by atoms with Gasteiger partial charge in [-0.15, -0.1) is 0 Å². The fourth-order valence-electron chi connectivity index (χ4n) is 1.27. The molecule has 0 amide bonds. The van der Waals surface area contributed by atoms with Crippen LogP contribution in [0.1, 0.15) is 0 Å². The minimum absolute atomic E-state index is 0.406. The molecule has 0 aromatic heterocycles. The van der Waals surface area contributed by atoms with Crippen molar-refractivity contribution in [2.45, 2.75) is 0 Å². The van der Waals surface area contributed by atoms with Gasteiger partial charge < -0.3 is 4.74 Å². The fraction of sp³-hybridized carbons (Fsp3) is 0. The predicted molar refractivity (Wildman–Crippen MR) is 64.2 cm³/mol. The number of nitrogens with zero attached hydrogens (tertiary/aromatic N) is 1. The molecule has 3 heteroatoms. The SMILES string of the molecule is [C-]#[N+]c1ccc(Oc2ccccc2)cc1Cl. The zero-order valence-electron chi connectivity index (χ0n) is 8.35. The molecular weight excluding hydrogens is 222 g/mol. The second kappa shape index (κ2) is 4.69. The first-order valence-electron chi connectivity index (χ1n) is 4.69. The second-order valence-corrected chi connectivity index (χ2v) is 3.55. The van der Waals surface area contributed by atoms with Crippen LogP contribution >= 0.6 is 11.6 Å². The van der Waals surface area contributed by atoms with E-state index in [4.69, 9.17) is 22.9 Å². The molecule has 78 valence electrons. The standard InChI is InChI=1S/C13H8ClNO/c1-15-13-8-7-11(9-12(13)14)16-10-5-3-2-4-6-10/h2-9H. The van der Waals surface area contributed by atoms with Crippen LogP contribution < -0.4 is 4.74 Å². The van der Waals surface area contributed by atoms with Crippen LogP contribution in [0.5, 0.6) is 11.5 Å². The van der Waals surface area contributed by atoms with E-state index in [9.17, 15) is 0 Å². The summed E-state index contributed by atoms with van der Waals surface area (Å²) in [5.41, 5.74) is 0.432. The van der Waals surface area contributed by atoms with Crippen LogP contribution in [0.3, 0.4) is 0 Å². The number of para-hydroxylation sites is 1. The first-order valence-corrected chi connectivity index (χ1v) is 5.07. The molecule has 0 saturated carbocycles. The summed E-state index contributed by atoms with van der Waals surface area (Å²) >= 11 is 5.90. The van der Waals surface area contributed by atoms with Crippen LogP contribution in [0.4, 0.5) is 5.69 Å². The van der Waals surface area contributed by atoms with Gasteiger partial charge in [0.25, 0.3) is 0 Å². The molecule has 2 nitrogen and oxygen atoms in total. The largest absolute Gasteiger partial charge is 0.457 e. The van der Waals surface area contributed by atoms with Crippen molar-refractivity contribution in [2.24, 2.45) is 0 Å². The van der Waals surface area contributed by atoms with Crippen molar-refractivity contribution in [3.8, 4) is 11.5 Å². The Morgan fingerprint density at radius 3 is 2.38 bits per heavy atom. The van der Waals surface area contributed by atoms with Crippen molar-refractivity contribution < 1.29 is 4.74 Å². The molecule has 0 atom stereocenters. The lowest BCUT2D eigenvalue weighted by atomic mass is 10.3. The highest BCUT2D eigenvalue weighted by Gasteiger charge is 2.02. The average molecular weight is 230 g/mol. The Hall–Kier alpha value is -1.98. The first kappa shape index (κ1) is 10.5. The van der Waals surface area contributed by atoms with Crippen molar-refractivity contribution in [3.05, 3.63) is 65.0 Å². The van der Waals surface area contributed by atoms with Crippen molar-refractivity contribution in [1.29, 1.82) is 0 Å². The molecule has 2 rings (SSSR count). The second-order valence-electron chi connectivity index (χ2n) is 3.14. The molecule has 0 spiro atoms. The molecular formula is C13H8ClNO. The minimum atomic E-state index is 0.406. The molecule has 0 N–H and O–H groups in total. The van der Waals surface area contributed by atoms with Crippen molar-refractivity contribution in [3.63, 3.8) is 0 Å². The van der Waals surface area contributed by atoms with E-state index < -0.39 is 0 Å². The third-order valence-corrected chi connectivity index (χ3v) is 2.32. The van der Waals surface area contributed by atoms with Gasteiger partial charge in [-0.3, -0.25) is 0 Å². The number of hydrogen-bond acceptors (Lipinski definition) is 1. The summed E-state index contributed by atoms with van der Waals surface area (Å²) in [5.74, 6) is 1.37. The Labute approximate surface area is 98.9 Å². The molecule has 16 heavy (non-hydrogen) atoms. The van der Waals surface area contributed by atoms with E-state index in [0.29, 0.717) is 16.5 Å². The molecule has 0 aliphatic rings. The number of halogens is 1. The molecule has 0 fully saturated rings. The van der Waals surface area contributed by atoms with E-state index in [-0.39, 0.29) is 0 Å². The van der Waals surface area contributed by atoms with Gasteiger partial charge in [0.1, 0.15) is 11.5 Å². The zero-order valence-corrected chi connectivity index (χ0v) is 9.11. The van der Waals surface area contributed by atoms with Crippen LogP contribution in [0.25, 0.3) is 4.85 Å². The van der Waals surface area contributed by atoms with Crippen molar-refractivity contribution in [2.75, 3.05) is 0 Å². The minimum Gasteiger partial charge on any atom is -0.457 e. The number of benzene rings is 2. The number of rotatable bonds is 2. The van der Waals surface area contributed by atoms with E-state index >= 15 is 0 Å². The highest BCUT2D eigenvalue weighted by molar-refractivity contribution is 6.33. The van der Waals surface area contributed by atoms with Gasteiger partial charge in [0.15, 0.2) is 0 Å². The maximum absolute atomic E-state index is 6.88. The predicted octanol–water partition coefficient (Wildman–Crippen LogP) is 4.68. The molecule has 0 heterocycles. The lowest BCUT2D eigenvalue weighted by molar-refractivity contribution is 0.483. The molecule has 2 aromatic carbocycles. The van der Waals surface area contributed by atoms with Crippen molar-refractivity contribution >= 4 is 17.3 Å². The van der Waals surface area contributed by atoms with Gasteiger partial charge >= 0.3 is 0 Å². The molecule has 0 unspecified atom stereocenters. The summed E-state index contributed by atoms with van der Waals surface area (Å²) in [7, 11) is 0. The Kier molecular flexibility index (Phi) is 3.09. The van der Waals surface area contributed by atoms with Gasteiger partial charge in [0.2, 0.25) is 5.69 Å². The monoisotopic (exact) mass is 229 g/mol. The lowest BCUT2D eigenvalue weighted by Gasteiger charge is -2.05. The zero-order chi connectivity index (χ0) is 11.4. The third-order valence-electron chi connectivity index (χ3n) is 2.02. The van der Waals surface area contributed by atoms with Crippen LogP contribution in [0, 0.1) is 6.57 Å². The summed E-state index contributed by atoms with van der Waals surface area (Å²) in [6.07, 6.45) is 0. The summed E-state index contributed by atoms with van der Waals surface area (Å²) in [4.78, 5) is 3.28. The summed E-state index contributed by atoms with van der Waals surface area (Å²) in [6.45, 7) is 6.88. The topological polar surface area (TPSA) is 13.6 Å². The molecule has 0 aliphatic carbocycles. The van der Waals surface area contributed by atoms with Crippen molar-refractivity contribution in [1.82, 2.24) is 0 Å². The Bertz CT molecular complexity index is 531. The van der Waals surface area contributed by atoms with E-state index in [1.165, 1.54) is 0 Å². The van der Waals surface area contributed by atoms with Crippen LogP contribution in [0.15, 0.2) is 48.5 Å². The molecule has 2 aromatic rings. The average Bonchev–Trinajstić information content (AvgIpc) is 2.31. The summed E-state index contributed by atoms with van der Waals surface area (Å²) < 4.78 is 5.57. The summed E-state index contributed by atoms with van der Waals surface area (Å²) in [5, 5.41) is 0.406. The highest BCUT2D eigenvalue weighted by Crippen LogP contribution is 2.31. The van der Waals surface area contributed by atoms with Gasteiger partial charge in [-0.1, -0.05) is 35.9 Å². The van der Waals surface area contributed by atoms with E-state index in [2.05, 4.69) is 4.85 Å². The third kappa shape index (κ3) is 2.33. The van der Waals surface area contributed by atoms with Gasteiger partial charge in [0, 0.05) is 0 Å². The maximum atomic E-state index is 6.88. The first-order chi connectivity index (χ1) is 7.79. The fourth-order valence-corrected chi connectivity index (χ4v) is 1.48. The number of ether oxygens (including phenoxy) is 1. The van der Waals surface area contributed by atoms with Gasteiger partial charge in [0.05, 0.1) is 11.6 Å². The van der Waals surface area contributed by atoms with Crippen LogP contribution in [0.2, 0.25) is 5.02 Å². The molecule has 0 saturated heterocycles. The molecule has 0 aliphatic heterocycles. The van der Waals surface area contributed by atoms with E-state index in [1.807, 2.05) is 30.3 Å². The smallest absolute Gasteiger partial charge is 0.205 e. The quantitative estimate of drug-likeness (QED) is 0.682. The number of hydrogen-bond donors (Lipinski definition) is 0. The van der Waals surface area contributed by atoms with Crippen LogP contribution in [-0.2, 0) is 0 Å². The van der Waals surface area contributed by atoms with E-state index in [1.54, 1.807) is 18.2 Å². The van der Waals surface area contributed by atoms with Gasteiger partial charge in [-0.05, 0) is 24.3 Å². The van der Waals surface area contributed by atoms with E-state index in [0.717, 1.165) is 5.75 Å². The Morgan fingerprint density at radius 2 is 1.75 bits per heavy atom. The highest BCUT2D eigenvalue weighted by atomic mass is 35.5. The normalized spacial score (nSPS) is 9.50. The Morgan fingerprint density at radius 1 is 1.00 bits per heavy atom. The molecule has 0 bridgehead atoms. The van der Waals surface area contributed by atoms with Gasteiger partial charge in [-0.25, -0.2) is 4.85 Å².